The van der Waals surface area contributed by atoms with Gasteiger partial charge in [-0.2, -0.15) is 0 Å². The van der Waals surface area contributed by atoms with Gasteiger partial charge in [-0.05, 0) is 24.3 Å². The molecule has 5 nitrogen and oxygen atoms in total. The monoisotopic (exact) mass is 296 g/mol. The Morgan fingerprint density at radius 3 is 2.20 bits per heavy atom. The van der Waals surface area contributed by atoms with Crippen LogP contribution in [0.1, 0.15) is 10.4 Å². The molecule has 0 spiro atoms. The number of guanidine groups is 1. The Bertz CT molecular complexity index is 459. The average Bonchev–Trinajstić information content (AvgIpc) is 2.38. The normalized spacial score (nSPS) is 9.85. The Hall–Kier alpha value is -1.75. The van der Waals surface area contributed by atoms with Crippen molar-refractivity contribution in [1.29, 1.82) is 0 Å². The van der Waals surface area contributed by atoms with Crippen LogP contribution in [-0.2, 0) is 0 Å². The summed E-state index contributed by atoms with van der Waals surface area (Å²) in [5, 5.41) is 3.44. The molecule has 0 fully saturated rings. The van der Waals surface area contributed by atoms with E-state index < -0.39 is 0 Å². The molecule has 1 aromatic carbocycles. The molecule has 0 aliphatic carbocycles. The summed E-state index contributed by atoms with van der Waals surface area (Å²) in [5.74, 6) is 0.749. The van der Waals surface area contributed by atoms with E-state index in [9.17, 15) is 4.79 Å². The molecule has 0 atom stereocenters. The molecule has 1 amide bonds. The van der Waals surface area contributed by atoms with Crippen molar-refractivity contribution >= 4 is 23.5 Å². The number of aliphatic imine (C=N–C) groups is 1. The van der Waals surface area contributed by atoms with Crippen molar-refractivity contribution in [3.63, 3.8) is 0 Å². The molecule has 1 aromatic rings. The summed E-state index contributed by atoms with van der Waals surface area (Å²) in [7, 11) is 7.74. The lowest BCUT2D eigenvalue weighted by Gasteiger charge is -2.22. The van der Waals surface area contributed by atoms with Gasteiger partial charge in [-0.15, -0.1) is 0 Å². The molecule has 0 aromatic heterocycles. The molecule has 20 heavy (non-hydrogen) atoms. The predicted molar refractivity (Wildman–Crippen MR) is 83.5 cm³/mol. The van der Waals surface area contributed by atoms with Crippen molar-refractivity contribution in [2.75, 3.05) is 41.3 Å². The highest BCUT2D eigenvalue weighted by Crippen LogP contribution is 2.09. The highest BCUT2D eigenvalue weighted by molar-refractivity contribution is 6.30. The van der Waals surface area contributed by atoms with E-state index in [4.69, 9.17) is 11.6 Å². The van der Waals surface area contributed by atoms with Crippen molar-refractivity contribution in [2.45, 2.75) is 0 Å². The zero-order valence-corrected chi connectivity index (χ0v) is 13.1. The Morgan fingerprint density at radius 2 is 1.70 bits per heavy atom. The van der Waals surface area contributed by atoms with Crippen LogP contribution in [0.5, 0.6) is 0 Å². The Labute approximate surface area is 125 Å². The number of rotatable bonds is 4. The highest BCUT2D eigenvalue weighted by atomic mass is 35.5. The average molecular weight is 297 g/mol. The van der Waals surface area contributed by atoms with E-state index >= 15 is 0 Å². The predicted octanol–water partition coefficient (Wildman–Crippen LogP) is 1.55. The van der Waals surface area contributed by atoms with Crippen molar-refractivity contribution in [2.24, 2.45) is 4.99 Å². The number of carbonyl (C=O) groups excluding carboxylic acids is 1. The van der Waals surface area contributed by atoms with Crippen LogP contribution in [0.25, 0.3) is 0 Å². The first-order valence-corrected chi connectivity index (χ1v) is 6.72. The maximum Gasteiger partial charge on any atom is 0.251 e. The van der Waals surface area contributed by atoms with Gasteiger partial charge in [0.05, 0.1) is 6.54 Å². The first-order valence-electron chi connectivity index (χ1n) is 6.34. The second kappa shape index (κ2) is 7.75. The van der Waals surface area contributed by atoms with E-state index in [-0.39, 0.29) is 5.91 Å². The number of amides is 1. The van der Waals surface area contributed by atoms with Crippen LogP contribution in [0.2, 0.25) is 5.02 Å². The van der Waals surface area contributed by atoms with Gasteiger partial charge in [-0.1, -0.05) is 11.6 Å². The molecule has 110 valence electrons. The molecule has 0 aliphatic rings. The molecule has 0 heterocycles. The number of carbonyl (C=O) groups is 1. The number of hydrogen-bond acceptors (Lipinski definition) is 2. The molecule has 0 saturated heterocycles. The fourth-order valence-electron chi connectivity index (χ4n) is 1.71. The van der Waals surface area contributed by atoms with Gasteiger partial charge in [0.2, 0.25) is 0 Å². The maximum atomic E-state index is 11.8. The van der Waals surface area contributed by atoms with Crippen molar-refractivity contribution in [3.05, 3.63) is 34.9 Å². The SMILES string of the molecule is CN(C)C(=NCCNC(=O)c1ccc(Cl)cc1)N(C)C. The lowest BCUT2D eigenvalue weighted by molar-refractivity contribution is 0.0955. The Kier molecular flexibility index (Phi) is 6.31. The minimum atomic E-state index is -0.117. The van der Waals surface area contributed by atoms with Crippen LogP contribution in [0.4, 0.5) is 0 Å². The number of benzene rings is 1. The topological polar surface area (TPSA) is 47.9 Å². The first kappa shape index (κ1) is 16.3. The molecule has 1 rings (SSSR count). The van der Waals surface area contributed by atoms with Gasteiger partial charge in [-0.25, -0.2) is 0 Å². The molecule has 0 bridgehead atoms. The summed E-state index contributed by atoms with van der Waals surface area (Å²) in [6, 6.07) is 6.80. The molecule has 6 heteroatoms. The largest absolute Gasteiger partial charge is 0.350 e. The third-order valence-electron chi connectivity index (χ3n) is 2.56. The first-order chi connectivity index (χ1) is 9.41. The zero-order valence-electron chi connectivity index (χ0n) is 12.4. The lowest BCUT2D eigenvalue weighted by Crippen LogP contribution is -2.36. The number of halogens is 1. The molecule has 0 radical (unpaired) electrons. The third-order valence-corrected chi connectivity index (χ3v) is 2.81. The fraction of sp³-hybridized carbons (Fsp3) is 0.429. The van der Waals surface area contributed by atoms with Crippen LogP contribution in [0.3, 0.4) is 0 Å². The van der Waals surface area contributed by atoms with Crippen LogP contribution < -0.4 is 5.32 Å². The van der Waals surface area contributed by atoms with Gasteiger partial charge in [0.1, 0.15) is 0 Å². The molecular formula is C14H21ClN4O. The smallest absolute Gasteiger partial charge is 0.251 e. The highest BCUT2D eigenvalue weighted by Gasteiger charge is 2.05. The molecule has 0 saturated carbocycles. The van der Waals surface area contributed by atoms with E-state index in [1.807, 2.05) is 38.0 Å². The molecular weight excluding hydrogens is 276 g/mol. The van der Waals surface area contributed by atoms with E-state index in [1.54, 1.807) is 24.3 Å². The van der Waals surface area contributed by atoms with E-state index in [0.717, 1.165) is 5.96 Å². The second-order valence-electron chi connectivity index (χ2n) is 4.73. The Morgan fingerprint density at radius 1 is 1.15 bits per heavy atom. The van der Waals surface area contributed by atoms with Crippen LogP contribution >= 0.6 is 11.6 Å². The minimum absolute atomic E-state index is 0.117. The summed E-state index contributed by atoms with van der Waals surface area (Å²) >= 11 is 5.78. The van der Waals surface area contributed by atoms with Crippen molar-refractivity contribution in [1.82, 2.24) is 15.1 Å². The van der Waals surface area contributed by atoms with Crippen molar-refractivity contribution in [3.8, 4) is 0 Å². The number of hydrogen-bond donors (Lipinski definition) is 1. The summed E-state index contributed by atoms with van der Waals surface area (Å²) in [6.45, 7) is 1.03. The van der Waals surface area contributed by atoms with Crippen LogP contribution in [0, 0.1) is 0 Å². The molecule has 0 aliphatic heterocycles. The van der Waals surface area contributed by atoms with E-state index in [0.29, 0.717) is 23.7 Å². The summed E-state index contributed by atoms with van der Waals surface area (Å²) in [6.07, 6.45) is 0. The quantitative estimate of drug-likeness (QED) is 0.521. The molecule has 0 unspecified atom stereocenters. The van der Waals surface area contributed by atoms with Gasteiger partial charge in [0.25, 0.3) is 5.91 Å². The van der Waals surface area contributed by atoms with Gasteiger partial charge >= 0.3 is 0 Å². The molecule has 1 N–H and O–H groups in total. The van der Waals surface area contributed by atoms with Gasteiger partial charge in [0.15, 0.2) is 5.96 Å². The summed E-state index contributed by atoms with van der Waals surface area (Å²) in [5.41, 5.74) is 0.596. The standard InChI is InChI=1S/C14H21ClN4O/c1-18(2)14(19(3)4)17-10-9-16-13(20)11-5-7-12(15)8-6-11/h5-8H,9-10H2,1-4H3,(H,16,20). The van der Waals surface area contributed by atoms with Crippen LogP contribution in [0.15, 0.2) is 29.3 Å². The fourth-order valence-corrected chi connectivity index (χ4v) is 1.84. The van der Waals surface area contributed by atoms with Gasteiger partial charge < -0.3 is 15.1 Å². The third kappa shape index (κ3) is 5.09. The minimum Gasteiger partial charge on any atom is -0.350 e. The summed E-state index contributed by atoms with van der Waals surface area (Å²) in [4.78, 5) is 20.1. The number of nitrogens with zero attached hydrogens (tertiary/aromatic N) is 3. The zero-order chi connectivity index (χ0) is 15.1. The lowest BCUT2D eigenvalue weighted by atomic mass is 10.2. The summed E-state index contributed by atoms with van der Waals surface area (Å²) < 4.78 is 0. The number of nitrogens with one attached hydrogen (secondary N) is 1. The van der Waals surface area contributed by atoms with Gasteiger partial charge in [-0.3, -0.25) is 9.79 Å². The maximum absolute atomic E-state index is 11.8. The van der Waals surface area contributed by atoms with Gasteiger partial charge in [0, 0.05) is 45.3 Å². The van der Waals surface area contributed by atoms with E-state index in [1.165, 1.54) is 0 Å². The van der Waals surface area contributed by atoms with Crippen LogP contribution in [-0.4, -0.2) is 62.9 Å². The van der Waals surface area contributed by atoms with Crippen molar-refractivity contribution < 1.29 is 4.79 Å². The van der Waals surface area contributed by atoms with E-state index in [2.05, 4.69) is 10.3 Å². The second-order valence-corrected chi connectivity index (χ2v) is 5.17. The Balaban J connectivity index is 2.46.